The zero-order valence-electron chi connectivity index (χ0n) is 8.38. The molecule has 1 N–H and O–H groups in total. The van der Waals surface area contributed by atoms with E-state index in [1.165, 1.54) is 45.8 Å². The van der Waals surface area contributed by atoms with Crippen LogP contribution in [0.15, 0.2) is 36.4 Å². The molecule has 1 aliphatic carbocycles. The van der Waals surface area contributed by atoms with E-state index in [0.29, 0.717) is 0 Å². The molecule has 0 aliphatic heterocycles. The summed E-state index contributed by atoms with van der Waals surface area (Å²) in [6, 6.07) is 13.1. The summed E-state index contributed by atoms with van der Waals surface area (Å²) in [6.07, 6.45) is 2.49. The molecular weight excluding hydrogens is 182 g/mol. The average Bonchev–Trinajstić information content (AvgIpc) is 2.56. The number of hydrogen-bond donors (Lipinski definition) is 1. The molecule has 0 amide bonds. The second-order valence-corrected chi connectivity index (χ2v) is 4.30. The van der Waals surface area contributed by atoms with Crippen molar-refractivity contribution in [1.29, 1.82) is 0 Å². The molecule has 1 nitrogen and oxygen atoms in total. The predicted molar refractivity (Wildman–Crippen MR) is 63.2 cm³/mol. The molecule has 15 heavy (non-hydrogen) atoms. The SMILES string of the molecule is c1ccc2c(c1)[nH]c1c3c(ccc12)CC3. The molecule has 1 heteroatoms. The van der Waals surface area contributed by atoms with Gasteiger partial charge < -0.3 is 4.98 Å². The van der Waals surface area contributed by atoms with Crippen LogP contribution in [-0.2, 0) is 12.8 Å². The van der Waals surface area contributed by atoms with Crippen molar-refractivity contribution in [3.8, 4) is 0 Å². The number of hydrogen-bond acceptors (Lipinski definition) is 0. The molecule has 0 radical (unpaired) electrons. The van der Waals surface area contributed by atoms with Gasteiger partial charge in [0.05, 0.1) is 0 Å². The lowest BCUT2D eigenvalue weighted by molar-refractivity contribution is 0.849. The first kappa shape index (κ1) is 7.52. The van der Waals surface area contributed by atoms with Gasteiger partial charge in [0.25, 0.3) is 0 Å². The van der Waals surface area contributed by atoms with Crippen molar-refractivity contribution < 1.29 is 0 Å². The van der Waals surface area contributed by atoms with Crippen LogP contribution in [0.2, 0.25) is 0 Å². The second kappa shape index (κ2) is 2.43. The Bertz CT molecular complexity index is 676. The van der Waals surface area contributed by atoms with Crippen LogP contribution in [0.1, 0.15) is 11.1 Å². The van der Waals surface area contributed by atoms with E-state index in [9.17, 15) is 0 Å². The Morgan fingerprint density at radius 3 is 2.67 bits per heavy atom. The van der Waals surface area contributed by atoms with E-state index >= 15 is 0 Å². The van der Waals surface area contributed by atoms with Crippen LogP contribution in [0, 0.1) is 0 Å². The van der Waals surface area contributed by atoms with Crippen LogP contribution in [0.25, 0.3) is 21.8 Å². The molecule has 0 saturated heterocycles. The van der Waals surface area contributed by atoms with Crippen LogP contribution in [0.5, 0.6) is 0 Å². The molecule has 0 atom stereocenters. The molecule has 1 heterocycles. The highest BCUT2D eigenvalue weighted by atomic mass is 14.7. The normalized spacial score (nSPS) is 14.1. The zero-order valence-corrected chi connectivity index (χ0v) is 8.38. The first-order valence-electron chi connectivity index (χ1n) is 5.45. The summed E-state index contributed by atoms with van der Waals surface area (Å²) in [7, 11) is 0. The topological polar surface area (TPSA) is 15.8 Å². The molecule has 3 aromatic rings. The summed E-state index contributed by atoms with van der Waals surface area (Å²) in [5.41, 5.74) is 5.67. The lowest BCUT2D eigenvalue weighted by atomic mass is 9.87. The molecule has 0 bridgehead atoms. The summed E-state index contributed by atoms with van der Waals surface area (Å²) in [6.45, 7) is 0. The quantitative estimate of drug-likeness (QED) is 0.563. The van der Waals surface area contributed by atoms with E-state index in [0.717, 1.165) is 0 Å². The smallest absolute Gasteiger partial charge is 0.0500 e. The van der Waals surface area contributed by atoms with Gasteiger partial charge in [-0.2, -0.15) is 0 Å². The van der Waals surface area contributed by atoms with Gasteiger partial charge >= 0.3 is 0 Å². The van der Waals surface area contributed by atoms with Crippen molar-refractivity contribution in [2.45, 2.75) is 12.8 Å². The summed E-state index contributed by atoms with van der Waals surface area (Å²) >= 11 is 0. The maximum absolute atomic E-state index is 3.54. The van der Waals surface area contributed by atoms with E-state index in [2.05, 4.69) is 41.4 Å². The fourth-order valence-electron chi connectivity index (χ4n) is 2.62. The van der Waals surface area contributed by atoms with Gasteiger partial charge in [-0.3, -0.25) is 0 Å². The third-order valence-electron chi connectivity index (χ3n) is 3.53. The molecule has 4 rings (SSSR count). The molecule has 0 unspecified atom stereocenters. The lowest BCUT2D eigenvalue weighted by Gasteiger charge is -2.18. The van der Waals surface area contributed by atoms with E-state index in [1.54, 1.807) is 0 Å². The number of H-pyrrole nitrogens is 1. The second-order valence-electron chi connectivity index (χ2n) is 4.30. The van der Waals surface area contributed by atoms with E-state index in [1.807, 2.05) is 0 Å². The summed E-state index contributed by atoms with van der Waals surface area (Å²) in [5, 5.41) is 2.73. The number of aryl methyl sites for hydroxylation is 2. The van der Waals surface area contributed by atoms with Crippen LogP contribution >= 0.6 is 0 Å². The fourth-order valence-corrected chi connectivity index (χ4v) is 2.62. The van der Waals surface area contributed by atoms with Gasteiger partial charge in [-0.25, -0.2) is 0 Å². The van der Waals surface area contributed by atoms with Crippen molar-refractivity contribution in [3.63, 3.8) is 0 Å². The summed E-state index contributed by atoms with van der Waals surface area (Å²) in [4.78, 5) is 3.54. The molecule has 2 aromatic carbocycles. The minimum Gasteiger partial charge on any atom is -0.354 e. The largest absolute Gasteiger partial charge is 0.354 e. The molecule has 72 valence electrons. The number of benzene rings is 2. The first-order chi connectivity index (χ1) is 7.43. The Hall–Kier alpha value is -1.76. The Labute approximate surface area is 87.7 Å². The maximum Gasteiger partial charge on any atom is 0.0500 e. The zero-order chi connectivity index (χ0) is 9.83. The molecule has 0 fully saturated rings. The third-order valence-corrected chi connectivity index (χ3v) is 3.53. The van der Waals surface area contributed by atoms with Crippen LogP contribution in [-0.4, -0.2) is 4.98 Å². The standard InChI is InChI=1S/C14H11N/c1-2-4-13-11(3-1)12-8-6-9-5-7-10(9)14(12)15-13/h1-4,6,8,15H,5,7H2. The fraction of sp³-hybridized carbons (Fsp3) is 0.143. The van der Waals surface area contributed by atoms with Crippen molar-refractivity contribution >= 4 is 21.8 Å². The van der Waals surface area contributed by atoms with Gasteiger partial charge in [-0.05, 0) is 30.0 Å². The third kappa shape index (κ3) is 0.834. The molecule has 1 aliphatic rings. The number of aromatic amines is 1. The number of fused-ring (bicyclic) bond motifs is 5. The summed E-state index contributed by atoms with van der Waals surface area (Å²) in [5.74, 6) is 0. The monoisotopic (exact) mass is 193 g/mol. The number of nitrogens with one attached hydrogen (secondary N) is 1. The van der Waals surface area contributed by atoms with E-state index in [-0.39, 0.29) is 0 Å². The van der Waals surface area contributed by atoms with Crippen LogP contribution in [0.3, 0.4) is 0 Å². The lowest BCUT2D eigenvalue weighted by Crippen LogP contribution is -2.08. The molecular formula is C14H11N. The van der Waals surface area contributed by atoms with Gasteiger partial charge in [-0.15, -0.1) is 0 Å². The van der Waals surface area contributed by atoms with Crippen LogP contribution < -0.4 is 0 Å². The average molecular weight is 193 g/mol. The van der Waals surface area contributed by atoms with Crippen LogP contribution in [0.4, 0.5) is 0 Å². The van der Waals surface area contributed by atoms with E-state index in [4.69, 9.17) is 0 Å². The maximum atomic E-state index is 3.54. The van der Waals surface area contributed by atoms with Gasteiger partial charge in [0, 0.05) is 21.8 Å². The van der Waals surface area contributed by atoms with Crippen molar-refractivity contribution in [3.05, 3.63) is 47.5 Å². The highest BCUT2D eigenvalue weighted by molar-refractivity contribution is 6.08. The number of aromatic nitrogens is 1. The van der Waals surface area contributed by atoms with Gasteiger partial charge in [0.15, 0.2) is 0 Å². The highest BCUT2D eigenvalue weighted by Gasteiger charge is 2.17. The number of para-hydroxylation sites is 1. The molecule has 1 aromatic heterocycles. The Morgan fingerprint density at radius 2 is 1.80 bits per heavy atom. The Kier molecular flexibility index (Phi) is 1.22. The predicted octanol–water partition coefficient (Wildman–Crippen LogP) is 3.42. The van der Waals surface area contributed by atoms with Crippen molar-refractivity contribution in [1.82, 2.24) is 4.98 Å². The minimum absolute atomic E-state index is 1.24. The molecule has 0 spiro atoms. The molecule has 0 saturated carbocycles. The summed E-state index contributed by atoms with van der Waals surface area (Å²) < 4.78 is 0. The number of rotatable bonds is 0. The minimum atomic E-state index is 1.24. The van der Waals surface area contributed by atoms with Crippen molar-refractivity contribution in [2.75, 3.05) is 0 Å². The Morgan fingerprint density at radius 1 is 0.867 bits per heavy atom. The Balaban J connectivity index is 2.30. The highest BCUT2D eigenvalue weighted by Crippen LogP contribution is 2.34. The van der Waals surface area contributed by atoms with E-state index < -0.39 is 0 Å². The van der Waals surface area contributed by atoms with Gasteiger partial charge in [0.2, 0.25) is 0 Å². The van der Waals surface area contributed by atoms with Gasteiger partial charge in [0.1, 0.15) is 0 Å². The van der Waals surface area contributed by atoms with Crippen molar-refractivity contribution in [2.24, 2.45) is 0 Å². The van der Waals surface area contributed by atoms with Gasteiger partial charge in [-0.1, -0.05) is 30.3 Å². The first-order valence-corrected chi connectivity index (χ1v) is 5.45.